The van der Waals surface area contributed by atoms with Gasteiger partial charge in [0.15, 0.2) is 0 Å². The van der Waals surface area contributed by atoms with Crippen molar-refractivity contribution in [2.24, 2.45) is 9.98 Å². The summed E-state index contributed by atoms with van der Waals surface area (Å²) in [5.74, 6) is 0.717. The van der Waals surface area contributed by atoms with Crippen LogP contribution < -0.4 is 0 Å². The van der Waals surface area contributed by atoms with Crippen LogP contribution in [-0.4, -0.2) is 11.4 Å². The second-order valence-corrected chi connectivity index (χ2v) is 15.6. The minimum Gasteiger partial charge on any atom is -0.284 e. The summed E-state index contributed by atoms with van der Waals surface area (Å²) >= 11 is 0. The minimum absolute atomic E-state index is 0.345. The van der Waals surface area contributed by atoms with Crippen LogP contribution in [0.4, 0.5) is 5.69 Å². The maximum absolute atomic E-state index is 5.13. The number of benzene rings is 6. The van der Waals surface area contributed by atoms with Crippen molar-refractivity contribution in [2.75, 3.05) is 0 Å². The molecule has 2 aliphatic carbocycles. The first kappa shape index (κ1) is 38.7. The molecule has 288 valence electrons. The van der Waals surface area contributed by atoms with E-state index in [4.69, 9.17) is 9.98 Å². The van der Waals surface area contributed by atoms with Gasteiger partial charge in [-0.1, -0.05) is 191 Å². The molecule has 6 aromatic carbocycles. The van der Waals surface area contributed by atoms with Crippen LogP contribution in [0.25, 0.3) is 22.3 Å². The zero-order chi connectivity index (χ0) is 39.7. The molecule has 0 radical (unpaired) electrons. The molecule has 58 heavy (non-hydrogen) atoms. The van der Waals surface area contributed by atoms with Gasteiger partial charge < -0.3 is 0 Å². The lowest BCUT2D eigenvalue weighted by Gasteiger charge is -2.27. The fourth-order valence-corrected chi connectivity index (χ4v) is 8.99. The van der Waals surface area contributed by atoms with E-state index in [0.717, 1.165) is 55.5 Å². The molecular formula is C56H54N2. The number of rotatable bonds is 14. The fraction of sp³-hybridized carbons (Fsp3) is 0.214. The van der Waals surface area contributed by atoms with Gasteiger partial charge in [-0.05, 0) is 105 Å². The summed E-state index contributed by atoms with van der Waals surface area (Å²) in [4.78, 5) is 10.2. The van der Waals surface area contributed by atoms with Crippen LogP contribution in [0.3, 0.4) is 0 Å². The molecule has 2 nitrogen and oxygen atoms in total. The van der Waals surface area contributed by atoms with Gasteiger partial charge in [0.2, 0.25) is 0 Å². The molecule has 0 saturated carbocycles. The molecule has 2 atom stereocenters. The van der Waals surface area contributed by atoms with Crippen LogP contribution >= 0.6 is 0 Å². The Bertz CT molecular complexity index is 2460. The molecule has 0 saturated heterocycles. The lowest BCUT2D eigenvalue weighted by atomic mass is 9.76. The second kappa shape index (κ2) is 18.4. The predicted octanol–water partition coefficient (Wildman–Crippen LogP) is 15.2. The van der Waals surface area contributed by atoms with E-state index in [0.29, 0.717) is 18.4 Å². The first-order chi connectivity index (χ1) is 28.6. The Balaban J connectivity index is 1.08. The predicted molar refractivity (Wildman–Crippen MR) is 248 cm³/mol. The summed E-state index contributed by atoms with van der Waals surface area (Å²) < 4.78 is 0. The fourth-order valence-electron chi connectivity index (χ4n) is 8.99. The van der Waals surface area contributed by atoms with Gasteiger partial charge in [-0.15, -0.1) is 0 Å². The second-order valence-electron chi connectivity index (χ2n) is 15.6. The molecule has 6 aromatic rings. The zero-order valence-corrected chi connectivity index (χ0v) is 34.2. The van der Waals surface area contributed by atoms with Gasteiger partial charge in [-0.25, -0.2) is 4.99 Å². The number of hydrogen-bond acceptors (Lipinski definition) is 2. The standard InChI is InChI=1S/C56H54N2/c1-4-18-46(38-54(44-22-12-8-13-23-44)58-47-24-14-9-15-25-47)41-30-32-42(33-31-41)49-26-16-28-51-52-29-17-27-50(56(52)48(6-3)55(49)51)43-34-36-45(37-35-43)53(19-5-2)57-39-40-20-10-7-11-21-40/h7-17,20-25,27-38,48-49H,4-6,18-19,26,39H2,1-3H3/b46-38+,57-53?,58-54?. The van der Waals surface area contributed by atoms with Crippen molar-refractivity contribution < 1.29 is 0 Å². The van der Waals surface area contributed by atoms with Crippen molar-refractivity contribution in [2.45, 2.75) is 77.7 Å². The molecule has 0 aliphatic heterocycles. The molecule has 0 amide bonds. The van der Waals surface area contributed by atoms with Crippen molar-refractivity contribution in [3.63, 3.8) is 0 Å². The van der Waals surface area contributed by atoms with Gasteiger partial charge >= 0.3 is 0 Å². The van der Waals surface area contributed by atoms with Crippen molar-refractivity contribution in [3.8, 4) is 11.1 Å². The van der Waals surface area contributed by atoms with E-state index < -0.39 is 0 Å². The number of para-hydroxylation sites is 1. The quantitative estimate of drug-likeness (QED) is 0.0990. The van der Waals surface area contributed by atoms with Crippen molar-refractivity contribution in [1.29, 1.82) is 0 Å². The first-order valence-corrected chi connectivity index (χ1v) is 21.4. The van der Waals surface area contributed by atoms with E-state index >= 15 is 0 Å². The topological polar surface area (TPSA) is 24.7 Å². The number of hydrogen-bond donors (Lipinski definition) is 0. The van der Waals surface area contributed by atoms with Crippen molar-refractivity contribution in [1.82, 2.24) is 0 Å². The van der Waals surface area contributed by atoms with Gasteiger partial charge in [0.05, 0.1) is 17.9 Å². The van der Waals surface area contributed by atoms with Crippen LogP contribution in [0.1, 0.15) is 110 Å². The van der Waals surface area contributed by atoms with Gasteiger partial charge in [-0.2, -0.15) is 0 Å². The summed E-state index contributed by atoms with van der Waals surface area (Å²) in [6.45, 7) is 7.58. The molecule has 8 rings (SSSR count). The lowest BCUT2D eigenvalue weighted by molar-refractivity contribution is 0.674. The Morgan fingerprint density at radius 1 is 0.621 bits per heavy atom. The number of nitrogens with zero attached hydrogens (tertiary/aromatic N) is 2. The van der Waals surface area contributed by atoms with Gasteiger partial charge in [0.25, 0.3) is 0 Å². The molecule has 2 heteroatoms. The summed E-state index contributed by atoms with van der Waals surface area (Å²) in [6, 6.07) is 57.1. The van der Waals surface area contributed by atoms with E-state index in [9.17, 15) is 0 Å². The van der Waals surface area contributed by atoms with E-state index in [2.05, 4.69) is 191 Å². The highest BCUT2D eigenvalue weighted by atomic mass is 14.7. The highest BCUT2D eigenvalue weighted by molar-refractivity contribution is 6.13. The average molecular weight is 755 g/mol. The van der Waals surface area contributed by atoms with E-state index in [-0.39, 0.29) is 0 Å². The Kier molecular flexibility index (Phi) is 12.3. The van der Waals surface area contributed by atoms with Crippen molar-refractivity contribution in [3.05, 3.63) is 220 Å². The van der Waals surface area contributed by atoms with Gasteiger partial charge in [0, 0.05) is 23.1 Å². The van der Waals surface area contributed by atoms with Gasteiger partial charge in [-0.3, -0.25) is 4.99 Å². The third-order valence-corrected chi connectivity index (χ3v) is 11.8. The maximum atomic E-state index is 5.13. The molecule has 0 N–H and O–H groups in total. The molecular weight excluding hydrogens is 701 g/mol. The van der Waals surface area contributed by atoms with Crippen LogP contribution in [0, 0.1) is 0 Å². The minimum atomic E-state index is 0.345. The zero-order valence-electron chi connectivity index (χ0n) is 34.2. The van der Waals surface area contributed by atoms with Crippen LogP contribution in [-0.2, 0) is 6.54 Å². The Morgan fingerprint density at radius 3 is 1.97 bits per heavy atom. The average Bonchev–Trinajstić information content (AvgIpc) is 3.62. The molecule has 0 aromatic heterocycles. The van der Waals surface area contributed by atoms with E-state index in [1.54, 1.807) is 5.57 Å². The van der Waals surface area contributed by atoms with Crippen LogP contribution in [0.2, 0.25) is 0 Å². The molecule has 0 bridgehead atoms. The summed E-state index contributed by atoms with van der Waals surface area (Å²) in [7, 11) is 0. The third kappa shape index (κ3) is 8.43. The molecule has 0 heterocycles. The Hall–Kier alpha value is -6.12. The molecule has 2 aliphatic rings. The summed E-state index contributed by atoms with van der Waals surface area (Å²) in [5, 5.41) is 0. The monoisotopic (exact) mass is 754 g/mol. The third-order valence-electron chi connectivity index (χ3n) is 11.8. The molecule has 2 unspecified atom stereocenters. The highest BCUT2D eigenvalue weighted by Crippen LogP contribution is 2.55. The summed E-state index contributed by atoms with van der Waals surface area (Å²) in [6.07, 6.45) is 13.3. The number of fused-ring (bicyclic) bond motifs is 2. The van der Waals surface area contributed by atoms with E-state index in [1.165, 1.54) is 61.4 Å². The SMILES string of the molecule is CCCC(=NCc1ccccc1)c1ccc(-c2cccc3c2C(CC)C2=C3C=CCC2c2ccc(/C(=C/C(=Nc3ccccc3)c3ccccc3)CCC)cc2)cc1. The van der Waals surface area contributed by atoms with Crippen LogP contribution in [0.5, 0.6) is 0 Å². The summed E-state index contributed by atoms with van der Waals surface area (Å²) in [5.41, 5.74) is 19.2. The normalized spacial score (nSPS) is 16.7. The number of allylic oxidation sites excluding steroid dienone is 6. The van der Waals surface area contributed by atoms with Crippen LogP contribution in [0.15, 0.2) is 192 Å². The maximum Gasteiger partial charge on any atom is 0.0712 e. The number of aliphatic imine (C=N–C) groups is 2. The van der Waals surface area contributed by atoms with E-state index in [1.807, 2.05) is 6.07 Å². The lowest BCUT2D eigenvalue weighted by Crippen LogP contribution is -2.10. The molecule has 0 fully saturated rings. The Morgan fingerprint density at radius 2 is 1.28 bits per heavy atom. The largest absolute Gasteiger partial charge is 0.284 e. The highest BCUT2D eigenvalue weighted by Gasteiger charge is 2.37. The Labute approximate surface area is 346 Å². The van der Waals surface area contributed by atoms with Crippen molar-refractivity contribution >= 4 is 28.3 Å². The van der Waals surface area contributed by atoms with Gasteiger partial charge in [0.1, 0.15) is 0 Å². The molecule has 0 spiro atoms. The first-order valence-electron chi connectivity index (χ1n) is 21.4. The smallest absolute Gasteiger partial charge is 0.0712 e.